The third kappa shape index (κ3) is 5.94. The summed E-state index contributed by atoms with van der Waals surface area (Å²) in [6.45, 7) is 4.40. The van der Waals surface area contributed by atoms with Gasteiger partial charge < -0.3 is 10.2 Å². The molecule has 0 fully saturated rings. The van der Waals surface area contributed by atoms with Crippen LogP contribution in [-0.4, -0.2) is 34.8 Å². The lowest BCUT2D eigenvalue weighted by Crippen LogP contribution is -2.38. The maximum Gasteiger partial charge on any atom is 0.254 e. The molecule has 134 valence electrons. The molecule has 0 unspecified atom stereocenters. The number of rotatable bonds is 8. The van der Waals surface area contributed by atoms with Crippen LogP contribution in [0, 0.1) is 12.7 Å². The molecule has 5 nitrogen and oxygen atoms in total. The maximum atomic E-state index is 13.1. The number of hydrogen-bond acceptors (Lipinski definition) is 4. The topological polar surface area (TPSA) is 62.3 Å². The molecular weight excluding hydrogens is 341 g/mol. The van der Waals surface area contributed by atoms with Crippen molar-refractivity contribution < 1.29 is 14.0 Å². The van der Waals surface area contributed by atoms with Crippen molar-refractivity contribution in [1.82, 2.24) is 9.88 Å². The monoisotopic (exact) mass is 363 g/mol. The number of aromatic nitrogens is 1. The van der Waals surface area contributed by atoms with Gasteiger partial charge in [0, 0.05) is 23.2 Å². The molecule has 2 amide bonds. The number of aryl methyl sites for hydroxylation is 1. The molecule has 0 aliphatic carbocycles. The van der Waals surface area contributed by atoms with Gasteiger partial charge in [-0.2, -0.15) is 0 Å². The molecule has 0 aliphatic heterocycles. The van der Waals surface area contributed by atoms with E-state index in [2.05, 4.69) is 17.2 Å². The van der Waals surface area contributed by atoms with Gasteiger partial charge in [-0.05, 0) is 37.6 Å². The van der Waals surface area contributed by atoms with Crippen LogP contribution in [0.4, 0.5) is 9.52 Å². The van der Waals surface area contributed by atoms with Crippen molar-refractivity contribution in [3.05, 3.63) is 46.7 Å². The number of nitrogens with one attached hydrogen (secondary N) is 1. The quantitative estimate of drug-likeness (QED) is 0.725. The molecule has 0 bridgehead atoms. The summed E-state index contributed by atoms with van der Waals surface area (Å²) in [5.41, 5.74) is 0.371. The second-order valence-corrected chi connectivity index (χ2v) is 7.00. The van der Waals surface area contributed by atoms with Crippen LogP contribution in [0.1, 0.15) is 41.4 Å². The summed E-state index contributed by atoms with van der Waals surface area (Å²) < 4.78 is 13.1. The summed E-state index contributed by atoms with van der Waals surface area (Å²) >= 11 is 1.38. The summed E-state index contributed by atoms with van der Waals surface area (Å²) in [5, 5.41) is 3.23. The van der Waals surface area contributed by atoms with Gasteiger partial charge in [0.15, 0.2) is 5.13 Å². The van der Waals surface area contributed by atoms with Crippen LogP contribution in [0.3, 0.4) is 0 Å². The first-order valence-corrected chi connectivity index (χ1v) is 9.08. The first kappa shape index (κ1) is 19.1. The molecule has 7 heteroatoms. The number of hydrogen-bond donors (Lipinski definition) is 1. The predicted molar refractivity (Wildman–Crippen MR) is 97.3 cm³/mol. The van der Waals surface area contributed by atoms with Gasteiger partial charge >= 0.3 is 0 Å². The highest BCUT2D eigenvalue weighted by atomic mass is 32.1. The van der Waals surface area contributed by atoms with E-state index in [0.29, 0.717) is 17.2 Å². The van der Waals surface area contributed by atoms with Gasteiger partial charge in [0.05, 0.1) is 0 Å². The fourth-order valence-corrected chi connectivity index (χ4v) is 3.01. The molecule has 2 aromatic rings. The first-order chi connectivity index (χ1) is 12.0. The Morgan fingerprint density at radius 2 is 1.96 bits per heavy atom. The third-order valence-electron chi connectivity index (χ3n) is 3.61. The molecule has 1 heterocycles. The molecular formula is C18H22FN3O2S. The highest BCUT2D eigenvalue weighted by Crippen LogP contribution is 2.16. The number of carbonyl (C=O) groups is 2. The molecule has 2 rings (SSSR count). The zero-order valence-corrected chi connectivity index (χ0v) is 15.2. The van der Waals surface area contributed by atoms with E-state index in [9.17, 15) is 14.0 Å². The highest BCUT2D eigenvalue weighted by Gasteiger charge is 2.19. The summed E-state index contributed by atoms with van der Waals surface area (Å²) in [6, 6.07) is 5.37. The van der Waals surface area contributed by atoms with Crippen molar-refractivity contribution in [2.45, 2.75) is 33.1 Å². The molecule has 0 saturated heterocycles. The smallest absolute Gasteiger partial charge is 0.254 e. The maximum absolute atomic E-state index is 13.1. The Morgan fingerprint density at radius 3 is 2.56 bits per heavy atom. The number of anilines is 1. The van der Waals surface area contributed by atoms with Gasteiger partial charge in [0.25, 0.3) is 5.91 Å². The number of carbonyl (C=O) groups excluding carboxylic acids is 2. The SMILES string of the molecule is CCCCCN(CC(=O)Nc1ncc(C)s1)C(=O)c1ccc(F)cc1. The normalized spacial score (nSPS) is 10.5. The average Bonchev–Trinajstić information content (AvgIpc) is 2.99. The van der Waals surface area contributed by atoms with Crippen LogP contribution in [0.2, 0.25) is 0 Å². The van der Waals surface area contributed by atoms with Crippen LogP contribution in [0.5, 0.6) is 0 Å². The van der Waals surface area contributed by atoms with E-state index in [1.807, 2.05) is 6.92 Å². The van der Waals surface area contributed by atoms with E-state index < -0.39 is 5.82 Å². The van der Waals surface area contributed by atoms with Crippen molar-refractivity contribution in [3.63, 3.8) is 0 Å². The van der Waals surface area contributed by atoms with Gasteiger partial charge in [0.2, 0.25) is 5.91 Å². The largest absolute Gasteiger partial charge is 0.329 e. The van der Waals surface area contributed by atoms with Crippen LogP contribution in [-0.2, 0) is 4.79 Å². The van der Waals surface area contributed by atoms with Gasteiger partial charge in [0.1, 0.15) is 12.4 Å². The number of thiazole rings is 1. The van der Waals surface area contributed by atoms with Crippen molar-refractivity contribution >= 4 is 28.3 Å². The van der Waals surface area contributed by atoms with Crippen LogP contribution < -0.4 is 5.32 Å². The molecule has 0 saturated carbocycles. The molecule has 0 radical (unpaired) electrons. The number of unbranched alkanes of at least 4 members (excludes halogenated alkanes) is 2. The van der Waals surface area contributed by atoms with E-state index in [1.54, 1.807) is 6.20 Å². The van der Waals surface area contributed by atoms with Gasteiger partial charge in [-0.15, -0.1) is 11.3 Å². The minimum atomic E-state index is -0.397. The van der Waals surface area contributed by atoms with Crippen molar-refractivity contribution in [2.24, 2.45) is 0 Å². The molecule has 0 aliphatic rings. The van der Waals surface area contributed by atoms with Crippen molar-refractivity contribution in [2.75, 3.05) is 18.4 Å². The van der Waals surface area contributed by atoms with Crippen LogP contribution >= 0.6 is 11.3 Å². The molecule has 1 N–H and O–H groups in total. The Bertz CT molecular complexity index is 715. The third-order valence-corrected chi connectivity index (χ3v) is 4.44. The molecule has 25 heavy (non-hydrogen) atoms. The number of nitrogens with zero attached hydrogens (tertiary/aromatic N) is 2. The van der Waals surface area contributed by atoms with Crippen molar-refractivity contribution in [1.29, 1.82) is 0 Å². The number of amides is 2. The standard InChI is InChI=1S/C18H22FN3O2S/c1-3-4-5-10-22(17(24)14-6-8-15(19)9-7-14)12-16(23)21-18-20-11-13(2)25-18/h6-9,11H,3-5,10,12H2,1-2H3,(H,20,21,23). The Morgan fingerprint density at radius 1 is 1.24 bits per heavy atom. The fourth-order valence-electron chi connectivity index (χ4n) is 2.32. The van der Waals surface area contributed by atoms with Gasteiger partial charge in [-0.3, -0.25) is 9.59 Å². The average molecular weight is 363 g/mol. The lowest BCUT2D eigenvalue weighted by Gasteiger charge is -2.22. The Hall–Kier alpha value is -2.28. The van der Waals surface area contributed by atoms with Gasteiger partial charge in [-0.25, -0.2) is 9.37 Å². The number of benzene rings is 1. The zero-order chi connectivity index (χ0) is 18.2. The molecule has 0 spiro atoms. The van der Waals surface area contributed by atoms with Gasteiger partial charge in [-0.1, -0.05) is 19.8 Å². The van der Waals surface area contributed by atoms with E-state index in [-0.39, 0.29) is 18.4 Å². The van der Waals surface area contributed by atoms with Crippen LogP contribution in [0.15, 0.2) is 30.5 Å². The molecule has 1 aromatic heterocycles. The predicted octanol–water partition coefficient (Wildman–Crippen LogP) is 3.86. The summed E-state index contributed by atoms with van der Waals surface area (Å²) in [7, 11) is 0. The van der Waals surface area contributed by atoms with E-state index >= 15 is 0 Å². The minimum Gasteiger partial charge on any atom is -0.329 e. The second kappa shape index (κ2) is 9.27. The number of halogens is 1. The fraction of sp³-hybridized carbons (Fsp3) is 0.389. The molecule has 0 atom stereocenters. The van der Waals surface area contributed by atoms with E-state index in [1.165, 1.54) is 40.5 Å². The minimum absolute atomic E-state index is 0.0570. The lowest BCUT2D eigenvalue weighted by atomic mass is 10.1. The molecule has 1 aromatic carbocycles. The summed E-state index contributed by atoms with van der Waals surface area (Å²) in [5.74, 6) is -0.964. The van der Waals surface area contributed by atoms with Crippen molar-refractivity contribution in [3.8, 4) is 0 Å². The highest BCUT2D eigenvalue weighted by molar-refractivity contribution is 7.15. The zero-order valence-electron chi connectivity index (χ0n) is 14.4. The Labute approximate surface area is 150 Å². The first-order valence-electron chi connectivity index (χ1n) is 8.26. The summed E-state index contributed by atoms with van der Waals surface area (Å²) in [6.07, 6.45) is 4.49. The second-order valence-electron chi connectivity index (χ2n) is 5.76. The Kier molecular flexibility index (Phi) is 7.06. The van der Waals surface area contributed by atoms with E-state index in [4.69, 9.17) is 0 Å². The lowest BCUT2D eigenvalue weighted by molar-refractivity contribution is -0.116. The Balaban J connectivity index is 2.04. The van der Waals surface area contributed by atoms with E-state index in [0.717, 1.165) is 24.1 Å². The van der Waals surface area contributed by atoms with Crippen LogP contribution in [0.25, 0.3) is 0 Å². The summed E-state index contributed by atoms with van der Waals surface area (Å²) in [4.78, 5) is 31.5.